The van der Waals surface area contributed by atoms with E-state index < -0.39 is 0 Å². The minimum Gasteiger partial charge on any atom is -0.348 e. The summed E-state index contributed by atoms with van der Waals surface area (Å²) in [6, 6.07) is 0.506. The van der Waals surface area contributed by atoms with Gasteiger partial charge in [-0.25, -0.2) is 4.98 Å². The van der Waals surface area contributed by atoms with Crippen molar-refractivity contribution in [2.45, 2.75) is 57.4 Å². The van der Waals surface area contributed by atoms with Gasteiger partial charge in [-0.1, -0.05) is 32.1 Å². The summed E-state index contributed by atoms with van der Waals surface area (Å²) in [6.45, 7) is 1.10. The summed E-state index contributed by atoms with van der Waals surface area (Å²) >= 11 is 0. The van der Waals surface area contributed by atoms with Crippen LogP contribution in [0.3, 0.4) is 0 Å². The molecule has 2 aliphatic rings. The predicted molar refractivity (Wildman–Crippen MR) is 68.8 cm³/mol. The molecule has 0 radical (unpaired) electrons. The van der Waals surface area contributed by atoms with E-state index in [4.69, 9.17) is 0 Å². The standard InChI is InChI=1S/C14H23N3/c1-2-4-11(5-3-1)6-7-12-14-13(8-9-15-12)16-10-17-14/h10-12,15H,1-9H2,(H,16,17). The minimum atomic E-state index is 0.506. The second kappa shape index (κ2) is 5.21. The molecule has 1 aliphatic carbocycles. The van der Waals surface area contributed by atoms with Crippen LogP contribution in [0.1, 0.15) is 62.4 Å². The van der Waals surface area contributed by atoms with Crippen molar-refractivity contribution in [3.63, 3.8) is 0 Å². The summed E-state index contributed by atoms with van der Waals surface area (Å²) in [5.41, 5.74) is 2.64. The number of imidazole rings is 1. The first-order valence-corrected chi connectivity index (χ1v) is 7.19. The summed E-state index contributed by atoms with van der Waals surface area (Å²) < 4.78 is 0. The van der Waals surface area contributed by atoms with E-state index in [1.807, 2.05) is 6.33 Å². The highest BCUT2D eigenvalue weighted by Crippen LogP contribution is 2.31. The topological polar surface area (TPSA) is 40.7 Å². The van der Waals surface area contributed by atoms with Crippen molar-refractivity contribution in [1.29, 1.82) is 0 Å². The first-order chi connectivity index (χ1) is 8.43. The van der Waals surface area contributed by atoms with Crippen LogP contribution in [0.5, 0.6) is 0 Å². The molecular formula is C14H23N3. The van der Waals surface area contributed by atoms with Gasteiger partial charge in [-0.05, 0) is 18.8 Å². The molecule has 1 aliphatic heterocycles. The number of aromatic amines is 1. The lowest BCUT2D eigenvalue weighted by Crippen LogP contribution is -2.30. The molecule has 3 nitrogen and oxygen atoms in total. The van der Waals surface area contributed by atoms with E-state index in [2.05, 4.69) is 15.3 Å². The average molecular weight is 233 g/mol. The van der Waals surface area contributed by atoms with Gasteiger partial charge in [0.05, 0.1) is 18.1 Å². The van der Waals surface area contributed by atoms with Crippen LogP contribution >= 0.6 is 0 Å². The Morgan fingerprint density at radius 1 is 1.18 bits per heavy atom. The third-order valence-electron chi connectivity index (χ3n) is 4.44. The highest BCUT2D eigenvalue weighted by molar-refractivity contribution is 5.18. The highest BCUT2D eigenvalue weighted by atomic mass is 15.0. The van der Waals surface area contributed by atoms with Gasteiger partial charge in [0.2, 0.25) is 0 Å². The number of H-pyrrole nitrogens is 1. The van der Waals surface area contributed by atoms with E-state index in [1.165, 1.54) is 56.3 Å². The zero-order chi connectivity index (χ0) is 11.5. The molecule has 3 heteroatoms. The Kier molecular flexibility index (Phi) is 3.46. The van der Waals surface area contributed by atoms with Gasteiger partial charge in [0.25, 0.3) is 0 Å². The third kappa shape index (κ3) is 2.54. The smallest absolute Gasteiger partial charge is 0.0925 e. The second-order valence-corrected chi connectivity index (χ2v) is 5.60. The molecule has 1 aromatic rings. The SMILES string of the molecule is c1nc2c([nH]1)CCNC2CCC1CCCCC1. The van der Waals surface area contributed by atoms with Gasteiger partial charge in [-0.15, -0.1) is 0 Å². The van der Waals surface area contributed by atoms with Gasteiger partial charge in [-0.3, -0.25) is 0 Å². The Labute approximate surface area is 103 Å². The number of rotatable bonds is 3. The quantitative estimate of drug-likeness (QED) is 0.842. The molecule has 1 saturated carbocycles. The van der Waals surface area contributed by atoms with E-state index in [0.717, 1.165) is 18.9 Å². The monoisotopic (exact) mass is 233 g/mol. The van der Waals surface area contributed by atoms with Crippen LogP contribution in [0.4, 0.5) is 0 Å². The maximum atomic E-state index is 4.48. The van der Waals surface area contributed by atoms with Crippen LogP contribution in [-0.4, -0.2) is 16.5 Å². The zero-order valence-electron chi connectivity index (χ0n) is 10.5. The van der Waals surface area contributed by atoms with Crippen molar-refractivity contribution in [2.75, 3.05) is 6.54 Å². The Balaban J connectivity index is 1.56. The maximum Gasteiger partial charge on any atom is 0.0925 e. The molecule has 0 aromatic carbocycles. The van der Waals surface area contributed by atoms with E-state index in [-0.39, 0.29) is 0 Å². The van der Waals surface area contributed by atoms with E-state index in [9.17, 15) is 0 Å². The van der Waals surface area contributed by atoms with Crippen LogP contribution in [0.25, 0.3) is 0 Å². The fourth-order valence-electron chi connectivity index (χ4n) is 3.42. The van der Waals surface area contributed by atoms with Gasteiger partial charge >= 0.3 is 0 Å². The minimum absolute atomic E-state index is 0.506. The molecule has 1 unspecified atom stereocenters. The summed E-state index contributed by atoms with van der Waals surface area (Å²) in [6.07, 6.45) is 12.9. The fraction of sp³-hybridized carbons (Fsp3) is 0.786. The van der Waals surface area contributed by atoms with E-state index in [0.29, 0.717) is 6.04 Å². The third-order valence-corrected chi connectivity index (χ3v) is 4.44. The zero-order valence-corrected chi connectivity index (χ0v) is 10.5. The van der Waals surface area contributed by atoms with Crippen molar-refractivity contribution in [2.24, 2.45) is 5.92 Å². The van der Waals surface area contributed by atoms with E-state index >= 15 is 0 Å². The van der Waals surface area contributed by atoms with Crippen LogP contribution in [0, 0.1) is 5.92 Å². The van der Waals surface area contributed by atoms with Crippen LogP contribution in [0.2, 0.25) is 0 Å². The molecule has 0 amide bonds. The second-order valence-electron chi connectivity index (χ2n) is 5.60. The molecule has 17 heavy (non-hydrogen) atoms. The lowest BCUT2D eigenvalue weighted by atomic mass is 9.84. The Bertz CT molecular complexity index is 352. The highest BCUT2D eigenvalue weighted by Gasteiger charge is 2.23. The van der Waals surface area contributed by atoms with Crippen LogP contribution < -0.4 is 5.32 Å². The van der Waals surface area contributed by atoms with Crippen molar-refractivity contribution in [3.05, 3.63) is 17.7 Å². The molecule has 1 aromatic heterocycles. The summed E-state index contributed by atoms with van der Waals surface area (Å²) in [5.74, 6) is 0.981. The number of hydrogen-bond donors (Lipinski definition) is 2. The number of aromatic nitrogens is 2. The molecule has 1 atom stereocenters. The molecule has 3 rings (SSSR count). The first kappa shape index (κ1) is 11.3. The van der Waals surface area contributed by atoms with Gasteiger partial charge in [0.1, 0.15) is 0 Å². The van der Waals surface area contributed by atoms with Crippen molar-refractivity contribution < 1.29 is 0 Å². The number of hydrogen-bond acceptors (Lipinski definition) is 2. The van der Waals surface area contributed by atoms with Gasteiger partial charge in [0, 0.05) is 18.7 Å². The fourth-order valence-corrected chi connectivity index (χ4v) is 3.42. The van der Waals surface area contributed by atoms with Crippen molar-refractivity contribution >= 4 is 0 Å². The van der Waals surface area contributed by atoms with Crippen LogP contribution in [0.15, 0.2) is 6.33 Å². The summed E-state index contributed by atoms with van der Waals surface area (Å²) in [5, 5.41) is 3.62. The van der Waals surface area contributed by atoms with Gasteiger partial charge < -0.3 is 10.3 Å². The number of nitrogens with zero attached hydrogens (tertiary/aromatic N) is 1. The van der Waals surface area contributed by atoms with Gasteiger partial charge in [-0.2, -0.15) is 0 Å². The predicted octanol–water partition coefficient (Wildman–Crippen LogP) is 2.96. The Morgan fingerprint density at radius 2 is 2.06 bits per heavy atom. The molecular weight excluding hydrogens is 210 g/mol. The Morgan fingerprint density at radius 3 is 2.94 bits per heavy atom. The number of fused-ring (bicyclic) bond motifs is 1. The molecule has 2 heterocycles. The van der Waals surface area contributed by atoms with Crippen molar-refractivity contribution in [1.82, 2.24) is 15.3 Å². The lowest BCUT2D eigenvalue weighted by molar-refractivity contribution is 0.310. The molecule has 94 valence electrons. The summed E-state index contributed by atoms with van der Waals surface area (Å²) in [4.78, 5) is 7.76. The normalized spacial score (nSPS) is 25.8. The molecule has 0 bridgehead atoms. The van der Waals surface area contributed by atoms with Crippen molar-refractivity contribution in [3.8, 4) is 0 Å². The molecule has 0 spiro atoms. The van der Waals surface area contributed by atoms with Gasteiger partial charge in [0.15, 0.2) is 0 Å². The number of nitrogens with one attached hydrogen (secondary N) is 2. The molecule has 2 N–H and O–H groups in total. The molecule has 0 saturated heterocycles. The lowest BCUT2D eigenvalue weighted by Gasteiger charge is -2.26. The largest absolute Gasteiger partial charge is 0.348 e. The Hall–Kier alpha value is -0.830. The first-order valence-electron chi connectivity index (χ1n) is 7.19. The van der Waals surface area contributed by atoms with E-state index in [1.54, 1.807) is 0 Å². The summed E-state index contributed by atoms with van der Waals surface area (Å²) in [7, 11) is 0. The van der Waals surface area contributed by atoms with Crippen LogP contribution in [-0.2, 0) is 6.42 Å². The average Bonchev–Trinajstić information content (AvgIpc) is 2.86. The molecule has 1 fully saturated rings. The maximum absolute atomic E-state index is 4.48.